The first-order valence-electron chi connectivity index (χ1n) is 8.77. The largest absolute Gasteiger partial charge is 0.344 e. The molecule has 0 radical (unpaired) electrons. The minimum atomic E-state index is -0.487. The van der Waals surface area contributed by atoms with Gasteiger partial charge in [0.05, 0.1) is 6.54 Å². The Hall–Kier alpha value is -2.63. The molecule has 0 spiro atoms. The van der Waals surface area contributed by atoms with Crippen LogP contribution in [0.15, 0.2) is 42.6 Å². The second-order valence-corrected chi connectivity index (χ2v) is 6.60. The lowest BCUT2D eigenvalue weighted by Gasteiger charge is -2.22. The fourth-order valence-electron chi connectivity index (χ4n) is 3.40. The Labute approximate surface area is 147 Å². The van der Waals surface area contributed by atoms with Crippen LogP contribution in [0.4, 0.5) is 5.82 Å². The van der Waals surface area contributed by atoms with Crippen LogP contribution in [0.1, 0.15) is 38.2 Å². The average Bonchev–Trinajstić information content (AvgIpc) is 3.25. The maximum Gasteiger partial charge on any atom is 0.248 e. The lowest BCUT2D eigenvalue weighted by Crippen LogP contribution is -2.47. The number of hydrogen-bond acceptors (Lipinski definition) is 3. The molecule has 132 valence electrons. The molecule has 25 heavy (non-hydrogen) atoms. The highest BCUT2D eigenvalue weighted by atomic mass is 16.2. The number of anilines is 1. The Kier molecular flexibility index (Phi) is 5.48. The third-order valence-electron chi connectivity index (χ3n) is 4.59. The van der Waals surface area contributed by atoms with Crippen LogP contribution in [0, 0.1) is 5.92 Å². The highest BCUT2D eigenvalue weighted by molar-refractivity contribution is 5.96. The SMILES string of the molecule is CC(=O)N[C@@H](C(=O)Nc1ccn(Cc2ccccc2)n1)C1CCCC1. The van der Waals surface area contributed by atoms with Crippen molar-refractivity contribution in [1.29, 1.82) is 0 Å². The minimum absolute atomic E-state index is 0.179. The Morgan fingerprint density at radius 2 is 1.92 bits per heavy atom. The van der Waals surface area contributed by atoms with E-state index in [0.717, 1.165) is 31.2 Å². The van der Waals surface area contributed by atoms with Gasteiger partial charge in [0.1, 0.15) is 6.04 Å². The van der Waals surface area contributed by atoms with E-state index in [0.29, 0.717) is 12.4 Å². The average molecular weight is 340 g/mol. The van der Waals surface area contributed by atoms with Gasteiger partial charge < -0.3 is 10.6 Å². The van der Waals surface area contributed by atoms with E-state index in [4.69, 9.17) is 0 Å². The zero-order chi connectivity index (χ0) is 17.6. The van der Waals surface area contributed by atoms with Gasteiger partial charge in [-0.2, -0.15) is 5.10 Å². The Morgan fingerprint density at radius 3 is 2.60 bits per heavy atom. The van der Waals surface area contributed by atoms with E-state index in [1.54, 1.807) is 10.7 Å². The van der Waals surface area contributed by atoms with Crippen molar-refractivity contribution in [3.63, 3.8) is 0 Å². The fraction of sp³-hybridized carbons (Fsp3) is 0.421. The van der Waals surface area contributed by atoms with Crippen molar-refractivity contribution in [2.24, 2.45) is 5.92 Å². The lowest BCUT2D eigenvalue weighted by molar-refractivity contribution is -0.126. The summed E-state index contributed by atoms with van der Waals surface area (Å²) >= 11 is 0. The quantitative estimate of drug-likeness (QED) is 0.848. The van der Waals surface area contributed by atoms with Gasteiger partial charge in [-0.05, 0) is 24.3 Å². The number of rotatable bonds is 6. The van der Waals surface area contributed by atoms with Crippen LogP contribution in [-0.4, -0.2) is 27.6 Å². The molecule has 2 N–H and O–H groups in total. The minimum Gasteiger partial charge on any atom is -0.344 e. The van der Waals surface area contributed by atoms with Crippen LogP contribution in [0.5, 0.6) is 0 Å². The van der Waals surface area contributed by atoms with Crippen LogP contribution < -0.4 is 10.6 Å². The van der Waals surface area contributed by atoms with Crippen LogP contribution in [0.25, 0.3) is 0 Å². The van der Waals surface area contributed by atoms with Crippen molar-refractivity contribution in [3.05, 3.63) is 48.2 Å². The molecule has 1 aliphatic rings. The van der Waals surface area contributed by atoms with Crippen LogP contribution in [0.2, 0.25) is 0 Å². The van der Waals surface area contributed by atoms with E-state index in [-0.39, 0.29) is 17.7 Å². The molecule has 2 amide bonds. The molecule has 2 aromatic rings. The molecule has 1 fully saturated rings. The lowest BCUT2D eigenvalue weighted by atomic mass is 9.97. The molecule has 1 heterocycles. The number of benzene rings is 1. The predicted molar refractivity (Wildman–Crippen MR) is 96.0 cm³/mol. The number of aromatic nitrogens is 2. The molecule has 0 aliphatic heterocycles. The molecule has 1 aromatic carbocycles. The predicted octanol–water partition coefficient (Wildman–Crippen LogP) is 2.56. The maximum absolute atomic E-state index is 12.6. The molecular weight excluding hydrogens is 316 g/mol. The van der Waals surface area contributed by atoms with Crippen LogP contribution >= 0.6 is 0 Å². The summed E-state index contributed by atoms with van der Waals surface area (Å²) in [5.74, 6) is 0.346. The molecule has 6 nitrogen and oxygen atoms in total. The molecule has 3 rings (SSSR count). The second-order valence-electron chi connectivity index (χ2n) is 6.60. The van der Waals surface area contributed by atoms with Gasteiger partial charge in [-0.3, -0.25) is 14.3 Å². The number of hydrogen-bond donors (Lipinski definition) is 2. The normalized spacial score (nSPS) is 15.7. The standard InChI is InChI=1S/C19H24N4O2/c1-14(24)20-18(16-9-5-6-10-16)19(25)21-17-11-12-23(22-17)13-15-7-3-2-4-8-15/h2-4,7-8,11-12,16,18H,5-6,9-10,13H2,1H3,(H,20,24)(H,21,22,25)/t18-/m1/s1. The van der Waals surface area contributed by atoms with Gasteiger partial charge in [-0.1, -0.05) is 43.2 Å². The van der Waals surface area contributed by atoms with Gasteiger partial charge in [0.15, 0.2) is 5.82 Å². The molecule has 1 saturated carbocycles. The summed E-state index contributed by atoms with van der Waals surface area (Å²) in [4.78, 5) is 24.1. The number of nitrogens with one attached hydrogen (secondary N) is 2. The molecule has 1 aromatic heterocycles. The first kappa shape index (κ1) is 17.2. The zero-order valence-electron chi connectivity index (χ0n) is 14.4. The highest BCUT2D eigenvalue weighted by Crippen LogP contribution is 2.28. The van der Waals surface area contributed by atoms with Crippen molar-refractivity contribution < 1.29 is 9.59 Å². The highest BCUT2D eigenvalue weighted by Gasteiger charge is 2.31. The molecule has 0 unspecified atom stereocenters. The monoisotopic (exact) mass is 340 g/mol. The first-order chi connectivity index (χ1) is 12.1. The van der Waals surface area contributed by atoms with Crippen molar-refractivity contribution in [3.8, 4) is 0 Å². The topological polar surface area (TPSA) is 76.0 Å². The summed E-state index contributed by atoms with van der Waals surface area (Å²) < 4.78 is 1.79. The van der Waals surface area contributed by atoms with Gasteiger partial charge in [-0.25, -0.2) is 0 Å². The Bertz CT molecular complexity index is 720. The van der Waals surface area contributed by atoms with E-state index in [1.807, 2.05) is 36.5 Å². The summed E-state index contributed by atoms with van der Waals surface area (Å²) in [5.41, 5.74) is 1.14. The van der Waals surface area contributed by atoms with Crippen molar-refractivity contribution in [2.45, 2.75) is 45.2 Å². The van der Waals surface area contributed by atoms with Crippen molar-refractivity contribution >= 4 is 17.6 Å². The van der Waals surface area contributed by atoms with Crippen molar-refractivity contribution in [2.75, 3.05) is 5.32 Å². The van der Waals surface area contributed by atoms with E-state index in [2.05, 4.69) is 15.7 Å². The van der Waals surface area contributed by atoms with Gasteiger partial charge in [0, 0.05) is 19.2 Å². The number of amides is 2. The smallest absolute Gasteiger partial charge is 0.248 e. The summed E-state index contributed by atoms with van der Waals surface area (Å²) in [6, 6.07) is 11.3. The number of carbonyl (C=O) groups is 2. The van der Waals surface area contributed by atoms with Crippen molar-refractivity contribution in [1.82, 2.24) is 15.1 Å². The van der Waals surface area contributed by atoms with E-state index in [9.17, 15) is 9.59 Å². The molecule has 1 atom stereocenters. The third-order valence-corrected chi connectivity index (χ3v) is 4.59. The molecule has 0 saturated heterocycles. The van der Waals surface area contributed by atoms with Crippen LogP contribution in [-0.2, 0) is 16.1 Å². The summed E-state index contributed by atoms with van der Waals surface area (Å²) in [6.07, 6.45) is 6.01. The maximum atomic E-state index is 12.6. The van der Waals surface area contributed by atoms with Gasteiger partial charge >= 0.3 is 0 Å². The van der Waals surface area contributed by atoms with Crippen LogP contribution in [0.3, 0.4) is 0 Å². The molecule has 6 heteroatoms. The Morgan fingerprint density at radius 1 is 1.20 bits per heavy atom. The third kappa shape index (κ3) is 4.68. The van der Waals surface area contributed by atoms with E-state index >= 15 is 0 Å². The summed E-state index contributed by atoms with van der Waals surface area (Å²) in [5, 5.41) is 10.1. The molecule has 0 bridgehead atoms. The molecular formula is C19H24N4O2. The molecule has 1 aliphatic carbocycles. The van der Waals surface area contributed by atoms with Gasteiger partial charge in [-0.15, -0.1) is 0 Å². The summed E-state index contributed by atoms with van der Waals surface area (Å²) in [6.45, 7) is 2.10. The Balaban J connectivity index is 1.64. The first-order valence-corrected chi connectivity index (χ1v) is 8.77. The van der Waals surface area contributed by atoms with E-state index in [1.165, 1.54) is 6.92 Å². The fourth-order valence-corrected chi connectivity index (χ4v) is 3.40. The van der Waals surface area contributed by atoms with Gasteiger partial charge in [0.2, 0.25) is 11.8 Å². The van der Waals surface area contributed by atoms with E-state index < -0.39 is 6.04 Å². The van der Waals surface area contributed by atoms with Gasteiger partial charge in [0.25, 0.3) is 0 Å². The second kappa shape index (κ2) is 7.96. The number of carbonyl (C=O) groups excluding carboxylic acids is 2. The zero-order valence-corrected chi connectivity index (χ0v) is 14.4. The number of nitrogens with zero attached hydrogens (tertiary/aromatic N) is 2. The summed E-state index contributed by atoms with van der Waals surface area (Å²) in [7, 11) is 0.